The molecular formula is C11H24N2O. The third kappa shape index (κ3) is 3.56. The lowest BCUT2D eigenvalue weighted by Gasteiger charge is -2.23. The fourth-order valence-corrected chi connectivity index (χ4v) is 1.88. The van der Waals surface area contributed by atoms with Gasteiger partial charge in [0.15, 0.2) is 0 Å². The molecule has 1 saturated carbocycles. The average Bonchev–Trinajstić information content (AvgIpc) is 2.83. The molecule has 1 fully saturated rings. The Kier molecular flexibility index (Phi) is 4.85. The molecular weight excluding hydrogens is 176 g/mol. The van der Waals surface area contributed by atoms with E-state index in [2.05, 4.69) is 19.2 Å². The highest BCUT2D eigenvalue weighted by Gasteiger charge is 2.32. The highest BCUT2D eigenvalue weighted by atomic mass is 16.5. The van der Waals surface area contributed by atoms with Gasteiger partial charge < -0.3 is 15.8 Å². The first-order chi connectivity index (χ1) is 6.69. The van der Waals surface area contributed by atoms with Crippen molar-refractivity contribution in [1.29, 1.82) is 0 Å². The monoisotopic (exact) mass is 200 g/mol. The van der Waals surface area contributed by atoms with Crippen LogP contribution in [0, 0.1) is 17.8 Å². The van der Waals surface area contributed by atoms with Crippen molar-refractivity contribution in [2.45, 2.75) is 26.3 Å². The minimum Gasteiger partial charge on any atom is -0.384 e. The van der Waals surface area contributed by atoms with E-state index in [9.17, 15) is 0 Å². The number of ether oxygens (including phenoxy) is 1. The highest BCUT2D eigenvalue weighted by Crippen LogP contribution is 2.36. The lowest BCUT2D eigenvalue weighted by Crippen LogP contribution is -2.43. The van der Waals surface area contributed by atoms with Gasteiger partial charge in [0.25, 0.3) is 0 Å². The molecule has 0 aliphatic heterocycles. The molecule has 0 bridgehead atoms. The van der Waals surface area contributed by atoms with Crippen molar-refractivity contribution in [3.63, 3.8) is 0 Å². The standard InChI is InChI=1S/C11H24N2O/c1-8-4-10(8)6-13-11(5-12)9(2)7-14-3/h8-11,13H,4-7,12H2,1-3H3. The SMILES string of the molecule is COCC(C)C(CN)NCC1CC1C. The number of hydrogen-bond acceptors (Lipinski definition) is 3. The molecule has 14 heavy (non-hydrogen) atoms. The van der Waals surface area contributed by atoms with Gasteiger partial charge in [0.1, 0.15) is 0 Å². The maximum Gasteiger partial charge on any atom is 0.0503 e. The predicted octanol–water partition coefficient (Wildman–Crippen LogP) is 0.842. The van der Waals surface area contributed by atoms with Crippen LogP contribution < -0.4 is 11.1 Å². The Labute approximate surface area is 87.4 Å². The molecule has 0 amide bonds. The van der Waals surface area contributed by atoms with Gasteiger partial charge in [-0.1, -0.05) is 13.8 Å². The summed E-state index contributed by atoms with van der Waals surface area (Å²) in [7, 11) is 1.74. The molecule has 0 aromatic heterocycles. The van der Waals surface area contributed by atoms with Gasteiger partial charge in [-0.15, -0.1) is 0 Å². The summed E-state index contributed by atoms with van der Waals surface area (Å²) < 4.78 is 5.13. The number of rotatable bonds is 7. The Hall–Kier alpha value is -0.120. The van der Waals surface area contributed by atoms with Crippen LogP contribution in [-0.2, 0) is 4.74 Å². The second-order valence-electron chi connectivity index (χ2n) is 4.66. The molecule has 3 N–H and O–H groups in total. The predicted molar refractivity (Wildman–Crippen MR) is 59.2 cm³/mol. The zero-order valence-corrected chi connectivity index (χ0v) is 9.62. The number of hydrogen-bond donors (Lipinski definition) is 2. The third-order valence-electron chi connectivity index (χ3n) is 3.29. The van der Waals surface area contributed by atoms with E-state index < -0.39 is 0 Å². The third-order valence-corrected chi connectivity index (χ3v) is 3.29. The van der Waals surface area contributed by atoms with Crippen molar-refractivity contribution in [2.75, 3.05) is 26.8 Å². The molecule has 0 heterocycles. The average molecular weight is 200 g/mol. The molecule has 1 aliphatic carbocycles. The first-order valence-electron chi connectivity index (χ1n) is 5.61. The summed E-state index contributed by atoms with van der Waals surface area (Å²) in [5.74, 6) is 2.30. The maximum atomic E-state index is 5.73. The van der Waals surface area contributed by atoms with Crippen molar-refractivity contribution in [3.05, 3.63) is 0 Å². The van der Waals surface area contributed by atoms with Crippen molar-refractivity contribution in [3.8, 4) is 0 Å². The topological polar surface area (TPSA) is 47.3 Å². The first kappa shape index (κ1) is 12.0. The van der Waals surface area contributed by atoms with Gasteiger partial charge in [0, 0.05) is 19.7 Å². The van der Waals surface area contributed by atoms with E-state index in [-0.39, 0.29) is 0 Å². The normalized spacial score (nSPS) is 30.0. The van der Waals surface area contributed by atoms with Gasteiger partial charge in [-0.05, 0) is 30.7 Å². The van der Waals surface area contributed by atoms with Crippen LogP contribution in [0.3, 0.4) is 0 Å². The van der Waals surface area contributed by atoms with E-state index in [0.29, 0.717) is 18.5 Å². The largest absolute Gasteiger partial charge is 0.384 e. The molecule has 0 aromatic carbocycles. The number of methoxy groups -OCH3 is 1. The molecule has 1 aliphatic rings. The second kappa shape index (κ2) is 5.69. The van der Waals surface area contributed by atoms with Crippen LogP contribution >= 0.6 is 0 Å². The van der Waals surface area contributed by atoms with E-state index in [1.807, 2.05) is 0 Å². The lowest BCUT2D eigenvalue weighted by molar-refractivity contribution is 0.140. The summed E-state index contributed by atoms with van der Waals surface area (Å²) in [5, 5.41) is 3.54. The minimum atomic E-state index is 0.405. The second-order valence-corrected chi connectivity index (χ2v) is 4.66. The Bertz CT molecular complexity index is 163. The number of nitrogens with one attached hydrogen (secondary N) is 1. The van der Waals surface area contributed by atoms with Crippen LogP contribution in [0.15, 0.2) is 0 Å². The smallest absolute Gasteiger partial charge is 0.0503 e. The zero-order valence-electron chi connectivity index (χ0n) is 9.62. The van der Waals surface area contributed by atoms with Crippen molar-refractivity contribution in [1.82, 2.24) is 5.32 Å². The Morgan fingerprint density at radius 1 is 1.57 bits per heavy atom. The van der Waals surface area contributed by atoms with Crippen molar-refractivity contribution in [2.24, 2.45) is 23.5 Å². The highest BCUT2D eigenvalue weighted by molar-refractivity contribution is 4.86. The Balaban J connectivity index is 2.16. The van der Waals surface area contributed by atoms with E-state index in [1.165, 1.54) is 6.42 Å². The molecule has 4 unspecified atom stereocenters. The summed E-state index contributed by atoms with van der Waals surface area (Å²) in [5.41, 5.74) is 5.73. The molecule has 84 valence electrons. The van der Waals surface area contributed by atoms with Gasteiger partial charge in [0.05, 0.1) is 6.61 Å². The summed E-state index contributed by atoms with van der Waals surface area (Å²) in [6.07, 6.45) is 1.38. The number of nitrogens with two attached hydrogens (primary N) is 1. The summed E-state index contributed by atoms with van der Waals surface area (Å²) in [6.45, 7) is 7.10. The van der Waals surface area contributed by atoms with E-state index in [0.717, 1.165) is 25.0 Å². The van der Waals surface area contributed by atoms with Crippen LogP contribution in [-0.4, -0.2) is 32.8 Å². The molecule has 0 radical (unpaired) electrons. The van der Waals surface area contributed by atoms with Crippen LogP contribution in [0.25, 0.3) is 0 Å². The zero-order chi connectivity index (χ0) is 10.6. The van der Waals surface area contributed by atoms with Gasteiger partial charge >= 0.3 is 0 Å². The van der Waals surface area contributed by atoms with Gasteiger partial charge in [-0.25, -0.2) is 0 Å². The molecule has 3 heteroatoms. The van der Waals surface area contributed by atoms with Crippen LogP contribution in [0.1, 0.15) is 20.3 Å². The first-order valence-corrected chi connectivity index (χ1v) is 5.61. The van der Waals surface area contributed by atoms with Gasteiger partial charge in [0.2, 0.25) is 0 Å². The van der Waals surface area contributed by atoms with E-state index in [1.54, 1.807) is 7.11 Å². The molecule has 0 aromatic rings. The van der Waals surface area contributed by atoms with Crippen LogP contribution in [0.2, 0.25) is 0 Å². The fourth-order valence-electron chi connectivity index (χ4n) is 1.88. The van der Waals surface area contributed by atoms with Crippen LogP contribution in [0.5, 0.6) is 0 Å². The summed E-state index contributed by atoms with van der Waals surface area (Å²) in [6, 6.07) is 0.405. The molecule has 4 atom stereocenters. The summed E-state index contributed by atoms with van der Waals surface area (Å²) >= 11 is 0. The molecule has 0 spiro atoms. The van der Waals surface area contributed by atoms with Crippen molar-refractivity contribution < 1.29 is 4.74 Å². The van der Waals surface area contributed by atoms with E-state index in [4.69, 9.17) is 10.5 Å². The van der Waals surface area contributed by atoms with E-state index >= 15 is 0 Å². The Morgan fingerprint density at radius 3 is 2.64 bits per heavy atom. The summed E-state index contributed by atoms with van der Waals surface area (Å²) in [4.78, 5) is 0. The maximum absolute atomic E-state index is 5.73. The van der Waals surface area contributed by atoms with Crippen molar-refractivity contribution >= 4 is 0 Å². The van der Waals surface area contributed by atoms with Crippen LogP contribution in [0.4, 0.5) is 0 Å². The van der Waals surface area contributed by atoms with Gasteiger partial charge in [-0.3, -0.25) is 0 Å². The fraction of sp³-hybridized carbons (Fsp3) is 1.00. The minimum absolute atomic E-state index is 0.405. The quantitative estimate of drug-likeness (QED) is 0.640. The molecule has 1 rings (SSSR count). The lowest BCUT2D eigenvalue weighted by atomic mass is 10.0. The Morgan fingerprint density at radius 2 is 2.21 bits per heavy atom. The molecule has 3 nitrogen and oxygen atoms in total. The molecule has 0 saturated heterocycles. The van der Waals surface area contributed by atoms with Gasteiger partial charge in [-0.2, -0.15) is 0 Å².